The molecule has 0 unspecified atom stereocenters. The van der Waals surface area contributed by atoms with Gasteiger partial charge in [0.25, 0.3) is 0 Å². The summed E-state index contributed by atoms with van der Waals surface area (Å²) in [5, 5.41) is 1.86. The second-order valence-corrected chi connectivity index (χ2v) is 9.08. The zero-order valence-corrected chi connectivity index (χ0v) is 19.3. The first-order valence-electron chi connectivity index (χ1n) is 10.9. The van der Waals surface area contributed by atoms with Crippen molar-refractivity contribution < 1.29 is 4.74 Å². The number of aromatic nitrogens is 4. The number of piperazine rings is 1. The number of H-pyrrole nitrogens is 1. The Kier molecular flexibility index (Phi) is 5.41. The molecule has 0 aliphatic carbocycles. The molecular weight excluding hydrogens is 463 g/mol. The fraction of sp³-hybridized carbons (Fsp3) is 0.364. The standard InChI is InChI=1S/C22H22Cl2N8O/c23-15-2-1-3-16(24)20(15)22-28-17-9-32(13-27-21(17)29-22)19-8-18(25-12-26-19)31-6-4-30(5-7-31)14-10-33-11-14/h1-3,8-9,12,14H,4-7,10-11,13H2,(H,27,28,29). The van der Waals surface area contributed by atoms with Crippen LogP contribution in [-0.2, 0) is 4.74 Å². The number of hydrogen-bond acceptors (Lipinski definition) is 8. The highest BCUT2D eigenvalue weighted by molar-refractivity contribution is 6.38. The molecule has 0 atom stereocenters. The maximum atomic E-state index is 6.35. The lowest BCUT2D eigenvalue weighted by atomic mass is 10.2. The van der Waals surface area contributed by atoms with Crippen molar-refractivity contribution in [2.45, 2.75) is 6.04 Å². The molecule has 1 N–H and O–H groups in total. The number of rotatable bonds is 4. The summed E-state index contributed by atoms with van der Waals surface area (Å²) in [4.78, 5) is 28.3. The van der Waals surface area contributed by atoms with Gasteiger partial charge in [-0.1, -0.05) is 29.3 Å². The van der Waals surface area contributed by atoms with Crippen LogP contribution in [0.5, 0.6) is 0 Å². The summed E-state index contributed by atoms with van der Waals surface area (Å²) in [5.74, 6) is 2.31. The first-order chi connectivity index (χ1) is 16.2. The largest absolute Gasteiger partial charge is 0.378 e. The van der Waals surface area contributed by atoms with Gasteiger partial charge in [0, 0.05) is 38.4 Å². The van der Waals surface area contributed by atoms with E-state index in [4.69, 9.17) is 27.9 Å². The lowest BCUT2D eigenvalue weighted by Crippen LogP contribution is -2.56. The molecule has 2 saturated heterocycles. The summed E-state index contributed by atoms with van der Waals surface area (Å²) < 4.78 is 5.33. The molecule has 2 fully saturated rings. The highest BCUT2D eigenvalue weighted by atomic mass is 35.5. The molecule has 9 nitrogen and oxygen atoms in total. The third kappa shape index (κ3) is 3.95. The van der Waals surface area contributed by atoms with Crippen molar-refractivity contribution in [3.63, 3.8) is 0 Å². The molecule has 0 amide bonds. The van der Waals surface area contributed by atoms with E-state index in [1.54, 1.807) is 18.5 Å². The third-order valence-corrected chi connectivity index (χ3v) is 6.91. The molecule has 3 aromatic rings. The highest BCUT2D eigenvalue weighted by Gasteiger charge is 2.29. The molecular formula is C22H22Cl2N8O. The molecule has 11 heteroatoms. The van der Waals surface area contributed by atoms with Crippen molar-refractivity contribution in [3.8, 4) is 11.4 Å². The Morgan fingerprint density at radius 2 is 1.76 bits per heavy atom. The Balaban J connectivity index is 1.23. The number of anilines is 2. The number of halogens is 2. The van der Waals surface area contributed by atoms with E-state index in [2.05, 4.69) is 34.7 Å². The maximum absolute atomic E-state index is 6.35. The molecule has 2 aromatic heterocycles. The second kappa shape index (κ2) is 8.57. The number of aromatic amines is 1. The van der Waals surface area contributed by atoms with Crippen molar-refractivity contribution in [1.82, 2.24) is 24.8 Å². The number of nitrogens with one attached hydrogen (secondary N) is 1. The minimum Gasteiger partial charge on any atom is -0.378 e. The topological polar surface area (TPSA) is 85.8 Å². The smallest absolute Gasteiger partial charge is 0.176 e. The number of fused-ring (bicyclic) bond motifs is 1. The molecule has 3 aliphatic rings. The van der Waals surface area contributed by atoms with Gasteiger partial charge in [-0.25, -0.2) is 19.9 Å². The number of ether oxygens (including phenoxy) is 1. The van der Waals surface area contributed by atoms with E-state index in [1.165, 1.54) is 0 Å². The van der Waals surface area contributed by atoms with Crippen molar-refractivity contribution in [2.75, 3.05) is 55.9 Å². The van der Waals surface area contributed by atoms with Crippen LogP contribution in [0.1, 0.15) is 0 Å². The average Bonchev–Trinajstić information content (AvgIpc) is 3.21. The first-order valence-corrected chi connectivity index (χ1v) is 11.6. The van der Waals surface area contributed by atoms with Gasteiger partial charge in [0.05, 0.1) is 34.9 Å². The average molecular weight is 485 g/mol. The van der Waals surface area contributed by atoms with Crippen LogP contribution >= 0.6 is 23.2 Å². The van der Waals surface area contributed by atoms with Crippen molar-refractivity contribution in [3.05, 3.63) is 51.5 Å². The Bertz CT molecular complexity index is 1280. The molecule has 6 rings (SSSR count). The fourth-order valence-electron chi connectivity index (χ4n) is 4.33. The molecule has 1 aromatic carbocycles. The van der Waals surface area contributed by atoms with E-state index in [1.807, 2.05) is 23.2 Å². The fourth-order valence-corrected chi connectivity index (χ4v) is 4.90. The van der Waals surface area contributed by atoms with Crippen LogP contribution in [0.25, 0.3) is 17.6 Å². The molecule has 5 heterocycles. The maximum Gasteiger partial charge on any atom is 0.176 e. The SMILES string of the molecule is Clc1cccc(Cl)c1-c1nc2c([nH]1)=CN(c1cc(N3CCN(C4COC4)CC3)ncn1)CN=2. The van der Waals surface area contributed by atoms with E-state index >= 15 is 0 Å². The van der Waals surface area contributed by atoms with Gasteiger partial charge in [0.15, 0.2) is 5.49 Å². The van der Waals surface area contributed by atoms with E-state index in [9.17, 15) is 0 Å². The van der Waals surface area contributed by atoms with Crippen LogP contribution in [0, 0.1) is 0 Å². The summed E-state index contributed by atoms with van der Waals surface area (Å²) in [6.07, 6.45) is 3.58. The van der Waals surface area contributed by atoms with Crippen LogP contribution < -0.4 is 20.6 Å². The Morgan fingerprint density at radius 1 is 1.00 bits per heavy atom. The molecule has 0 radical (unpaired) electrons. The van der Waals surface area contributed by atoms with Crippen LogP contribution in [0.3, 0.4) is 0 Å². The predicted octanol–water partition coefficient (Wildman–Crippen LogP) is 1.53. The van der Waals surface area contributed by atoms with Crippen LogP contribution in [-0.4, -0.2) is 76.9 Å². The zero-order valence-electron chi connectivity index (χ0n) is 17.8. The third-order valence-electron chi connectivity index (χ3n) is 6.28. The molecule has 0 saturated carbocycles. The van der Waals surface area contributed by atoms with Gasteiger partial charge in [0.2, 0.25) is 0 Å². The lowest BCUT2D eigenvalue weighted by Gasteiger charge is -2.42. The highest BCUT2D eigenvalue weighted by Crippen LogP contribution is 2.31. The minimum atomic E-state index is 0.416. The zero-order chi connectivity index (χ0) is 22.4. The number of benzene rings is 1. The molecule has 3 aliphatic heterocycles. The number of imidazole rings is 1. The second-order valence-electron chi connectivity index (χ2n) is 8.27. The van der Waals surface area contributed by atoms with Gasteiger partial charge in [0.1, 0.15) is 35.8 Å². The van der Waals surface area contributed by atoms with Gasteiger partial charge in [-0.3, -0.25) is 4.90 Å². The van der Waals surface area contributed by atoms with Crippen LogP contribution in [0.15, 0.2) is 35.6 Å². The van der Waals surface area contributed by atoms with Gasteiger partial charge >= 0.3 is 0 Å². The Labute approximate surface area is 200 Å². The number of hydrogen-bond donors (Lipinski definition) is 1. The summed E-state index contributed by atoms with van der Waals surface area (Å²) >= 11 is 12.7. The van der Waals surface area contributed by atoms with Crippen molar-refractivity contribution >= 4 is 41.0 Å². The van der Waals surface area contributed by atoms with E-state index in [0.717, 1.165) is 56.4 Å². The monoisotopic (exact) mass is 484 g/mol. The summed E-state index contributed by atoms with van der Waals surface area (Å²) in [7, 11) is 0. The molecule has 0 spiro atoms. The summed E-state index contributed by atoms with van der Waals surface area (Å²) in [6, 6.07) is 7.98. The van der Waals surface area contributed by atoms with Crippen LogP contribution in [0.4, 0.5) is 11.6 Å². The van der Waals surface area contributed by atoms with Gasteiger partial charge in [-0.05, 0) is 12.1 Å². The van der Waals surface area contributed by atoms with Crippen LogP contribution in [0.2, 0.25) is 10.0 Å². The minimum absolute atomic E-state index is 0.416. The van der Waals surface area contributed by atoms with Crippen molar-refractivity contribution in [1.29, 1.82) is 0 Å². The Morgan fingerprint density at radius 3 is 2.48 bits per heavy atom. The van der Waals surface area contributed by atoms with Gasteiger partial charge in [-0.2, -0.15) is 0 Å². The first kappa shape index (κ1) is 20.9. The lowest BCUT2D eigenvalue weighted by molar-refractivity contribution is -0.0661. The Hall–Kier alpha value is -2.72. The van der Waals surface area contributed by atoms with Gasteiger partial charge < -0.3 is 19.5 Å². The normalized spacial score (nSPS) is 19.0. The quantitative estimate of drug-likeness (QED) is 0.600. The van der Waals surface area contributed by atoms with Crippen molar-refractivity contribution in [2.24, 2.45) is 4.99 Å². The molecule has 170 valence electrons. The summed E-state index contributed by atoms with van der Waals surface area (Å²) in [6.45, 7) is 6.03. The van der Waals surface area contributed by atoms with E-state index in [0.29, 0.717) is 39.6 Å². The van der Waals surface area contributed by atoms with Gasteiger partial charge in [-0.15, -0.1) is 0 Å². The molecule has 0 bridgehead atoms. The predicted molar refractivity (Wildman–Crippen MR) is 127 cm³/mol. The summed E-state index contributed by atoms with van der Waals surface area (Å²) in [5.41, 5.74) is 1.30. The van der Waals surface area contributed by atoms with E-state index in [-0.39, 0.29) is 0 Å². The van der Waals surface area contributed by atoms with E-state index < -0.39 is 0 Å². The number of nitrogens with zero attached hydrogens (tertiary/aromatic N) is 7. The molecule has 33 heavy (non-hydrogen) atoms.